The van der Waals surface area contributed by atoms with Gasteiger partial charge in [-0.25, -0.2) is 4.39 Å². The molecule has 0 aliphatic rings. The maximum Gasteiger partial charge on any atom is 0.153 e. The zero-order chi connectivity index (χ0) is 14.3. The van der Waals surface area contributed by atoms with E-state index in [9.17, 15) is 4.39 Å². The number of benzene rings is 1. The molecule has 3 rings (SSSR count). The van der Waals surface area contributed by atoms with Gasteiger partial charge in [0.2, 0.25) is 0 Å². The molecule has 0 fully saturated rings. The molecule has 4 N–H and O–H groups in total. The first-order valence-corrected chi connectivity index (χ1v) is 6.26. The van der Waals surface area contributed by atoms with Gasteiger partial charge in [0, 0.05) is 16.8 Å². The Morgan fingerprint density at radius 2 is 2.05 bits per heavy atom. The molecule has 7 heteroatoms. The van der Waals surface area contributed by atoms with Gasteiger partial charge in [0.05, 0.1) is 22.5 Å². The summed E-state index contributed by atoms with van der Waals surface area (Å²) in [6.07, 6.45) is 1.63. The first-order valence-electron chi connectivity index (χ1n) is 5.88. The van der Waals surface area contributed by atoms with Crippen molar-refractivity contribution in [1.82, 2.24) is 20.4 Å². The molecule has 0 saturated carbocycles. The molecule has 5 nitrogen and oxygen atoms in total. The van der Waals surface area contributed by atoms with Crippen LogP contribution in [0.15, 0.2) is 24.4 Å². The molecular weight excluding hydrogens is 281 g/mol. The van der Waals surface area contributed by atoms with Crippen LogP contribution in [0.2, 0.25) is 5.02 Å². The second-order valence-corrected chi connectivity index (χ2v) is 4.77. The van der Waals surface area contributed by atoms with E-state index in [2.05, 4.69) is 20.4 Å². The second-order valence-electron chi connectivity index (χ2n) is 4.36. The summed E-state index contributed by atoms with van der Waals surface area (Å²) < 4.78 is 14.1. The van der Waals surface area contributed by atoms with Crippen LogP contribution < -0.4 is 5.73 Å². The number of aromatic nitrogens is 4. The van der Waals surface area contributed by atoms with E-state index in [-0.39, 0.29) is 16.4 Å². The predicted octanol–water partition coefficient (Wildman–Crippen LogP) is 3.15. The number of nitrogens with one attached hydrogen (secondary N) is 2. The van der Waals surface area contributed by atoms with E-state index in [1.54, 1.807) is 18.3 Å². The molecule has 20 heavy (non-hydrogen) atoms. The van der Waals surface area contributed by atoms with Gasteiger partial charge in [-0.3, -0.25) is 10.2 Å². The van der Waals surface area contributed by atoms with Crippen LogP contribution in [-0.2, 0) is 0 Å². The van der Waals surface area contributed by atoms with Gasteiger partial charge in [-0.15, -0.1) is 0 Å². The normalized spacial score (nSPS) is 10.9. The fraction of sp³-hybridized carbons (Fsp3) is 0.0769. The van der Waals surface area contributed by atoms with Gasteiger partial charge in [-0.2, -0.15) is 10.2 Å². The minimum atomic E-state index is -0.451. The lowest BCUT2D eigenvalue weighted by Crippen LogP contribution is -1.93. The fourth-order valence-electron chi connectivity index (χ4n) is 2.14. The predicted molar refractivity (Wildman–Crippen MR) is 75.7 cm³/mol. The van der Waals surface area contributed by atoms with E-state index >= 15 is 0 Å². The summed E-state index contributed by atoms with van der Waals surface area (Å²) in [4.78, 5) is 0. The highest BCUT2D eigenvalue weighted by molar-refractivity contribution is 6.33. The number of aryl methyl sites for hydroxylation is 1. The molecule has 0 aliphatic heterocycles. The van der Waals surface area contributed by atoms with Crippen LogP contribution in [-0.4, -0.2) is 20.4 Å². The largest absolute Gasteiger partial charge is 0.382 e. The number of nitrogens with two attached hydrogens (primary N) is 1. The third-order valence-corrected chi connectivity index (χ3v) is 3.42. The smallest absolute Gasteiger partial charge is 0.153 e. The van der Waals surface area contributed by atoms with Gasteiger partial charge in [0.25, 0.3) is 0 Å². The van der Waals surface area contributed by atoms with Crippen LogP contribution in [0.1, 0.15) is 5.69 Å². The second kappa shape index (κ2) is 4.64. The Balaban J connectivity index is 2.31. The quantitative estimate of drug-likeness (QED) is 0.678. The lowest BCUT2D eigenvalue weighted by Gasteiger charge is -2.07. The number of nitrogens with zero attached hydrogens (tertiary/aromatic N) is 2. The average molecular weight is 292 g/mol. The van der Waals surface area contributed by atoms with Crippen molar-refractivity contribution in [2.24, 2.45) is 0 Å². The third kappa shape index (κ3) is 1.85. The minimum absolute atomic E-state index is 0.188. The molecule has 0 spiro atoms. The van der Waals surface area contributed by atoms with Crippen molar-refractivity contribution in [3.8, 4) is 22.4 Å². The zero-order valence-corrected chi connectivity index (χ0v) is 11.3. The molecule has 0 atom stereocenters. The lowest BCUT2D eigenvalue weighted by molar-refractivity contribution is 0.631. The van der Waals surface area contributed by atoms with Crippen molar-refractivity contribution in [2.75, 3.05) is 5.73 Å². The van der Waals surface area contributed by atoms with Crippen LogP contribution in [0.3, 0.4) is 0 Å². The Labute approximate surface area is 119 Å². The molecule has 102 valence electrons. The van der Waals surface area contributed by atoms with E-state index in [0.717, 1.165) is 11.3 Å². The Morgan fingerprint density at radius 3 is 2.70 bits per heavy atom. The molecule has 0 amide bonds. The van der Waals surface area contributed by atoms with Crippen molar-refractivity contribution in [1.29, 1.82) is 0 Å². The van der Waals surface area contributed by atoms with Gasteiger partial charge in [0.1, 0.15) is 5.82 Å². The first-order chi connectivity index (χ1) is 9.59. The molecule has 2 aromatic heterocycles. The summed E-state index contributed by atoms with van der Waals surface area (Å²) in [7, 11) is 0. The summed E-state index contributed by atoms with van der Waals surface area (Å²) in [6, 6.07) is 4.48. The SMILES string of the molecule is Cc1[nH]ncc1-c1[nH]nc(N)c1-c1c(F)cccc1Cl. The van der Waals surface area contributed by atoms with Crippen molar-refractivity contribution in [3.05, 3.63) is 40.9 Å². The average Bonchev–Trinajstić information content (AvgIpc) is 2.97. The molecule has 1 aromatic carbocycles. The molecule has 3 aromatic rings. The first kappa shape index (κ1) is 12.7. The van der Waals surface area contributed by atoms with E-state index < -0.39 is 5.82 Å². The fourth-order valence-corrected chi connectivity index (χ4v) is 2.40. The van der Waals surface area contributed by atoms with E-state index in [4.69, 9.17) is 17.3 Å². The van der Waals surface area contributed by atoms with Crippen molar-refractivity contribution >= 4 is 17.4 Å². The zero-order valence-electron chi connectivity index (χ0n) is 10.5. The maximum absolute atomic E-state index is 14.1. The van der Waals surface area contributed by atoms with Crippen LogP contribution in [0, 0.1) is 12.7 Å². The molecule has 0 unspecified atom stereocenters. The Kier molecular flexibility index (Phi) is 2.94. The Hall–Kier alpha value is -2.34. The van der Waals surface area contributed by atoms with Crippen LogP contribution >= 0.6 is 11.6 Å². The van der Waals surface area contributed by atoms with Gasteiger partial charge in [-0.1, -0.05) is 17.7 Å². The number of hydrogen-bond donors (Lipinski definition) is 3. The molecule has 0 saturated heterocycles. The number of halogens is 2. The van der Waals surface area contributed by atoms with Crippen molar-refractivity contribution in [3.63, 3.8) is 0 Å². The number of nitrogen functional groups attached to an aromatic ring is 1. The topological polar surface area (TPSA) is 83.4 Å². The van der Waals surface area contributed by atoms with Crippen LogP contribution in [0.4, 0.5) is 10.2 Å². The standard InChI is InChI=1S/C13H11ClFN5/c1-6-7(5-17-18-6)12-11(13(16)20-19-12)10-8(14)3-2-4-9(10)15/h2-5H,1H3,(H,17,18)(H3,16,19,20). The monoisotopic (exact) mass is 291 g/mol. The summed E-state index contributed by atoms with van der Waals surface area (Å²) in [5.41, 5.74) is 8.72. The molecular formula is C13H11ClFN5. The summed E-state index contributed by atoms with van der Waals surface area (Å²) in [6.45, 7) is 1.85. The van der Waals surface area contributed by atoms with E-state index in [1.807, 2.05) is 6.92 Å². The molecule has 0 radical (unpaired) electrons. The number of hydrogen-bond acceptors (Lipinski definition) is 3. The highest BCUT2D eigenvalue weighted by atomic mass is 35.5. The van der Waals surface area contributed by atoms with Gasteiger partial charge in [0.15, 0.2) is 5.82 Å². The summed E-state index contributed by atoms with van der Waals surface area (Å²) in [5, 5.41) is 13.8. The maximum atomic E-state index is 14.1. The number of anilines is 1. The van der Waals surface area contributed by atoms with Gasteiger partial charge in [-0.05, 0) is 19.1 Å². The Bertz CT molecular complexity index is 757. The van der Waals surface area contributed by atoms with Crippen LogP contribution in [0.5, 0.6) is 0 Å². The summed E-state index contributed by atoms with van der Waals surface area (Å²) >= 11 is 6.11. The third-order valence-electron chi connectivity index (χ3n) is 3.11. The molecule has 0 aliphatic carbocycles. The number of aromatic amines is 2. The summed E-state index contributed by atoms with van der Waals surface area (Å²) in [5.74, 6) is -0.263. The minimum Gasteiger partial charge on any atom is -0.382 e. The lowest BCUT2D eigenvalue weighted by atomic mass is 10.0. The van der Waals surface area contributed by atoms with E-state index in [1.165, 1.54) is 6.07 Å². The highest BCUT2D eigenvalue weighted by Crippen LogP contribution is 2.40. The van der Waals surface area contributed by atoms with Crippen molar-refractivity contribution in [2.45, 2.75) is 6.92 Å². The van der Waals surface area contributed by atoms with Gasteiger partial charge >= 0.3 is 0 Å². The van der Waals surface area contributed by atoms with Crippen LogP contribution in [0.25, 0.3) is 22.4 Å². The van der Waals surface area contributed by atoms with Crippen molar-refractivity contribution < 1.29 is 4.39 Å². The molecule has 2 heterocycles. The number of H-pyrrole nitrogens is 2. The van der Waals surface area contributed by atoms with E-state index in [0.29, 0.717) is 11.3 Å². The molecule has 0 bridgehead atoms. The number of rotatable bonds is 2. The van der Waals surface area contributed by atoms with Gasteiger partial charge < -0.3 is 5.73 Å². The Morgan fingerprint density at radius 1 is 1.25 bits per heavy atom. The highest BCUT2D eigenvalue weighted by Gasteiger charge is 2.21.